The molecular weight excluding hydrogens is 283 g/mol. The number of hydrogen-bond acceptors (Lipinski definition) is 3. The minimum Gasteiger partial charge on any atom is -0.352 e. The number of carbonyl (C=O) groups excluding carboxylic acids is 1. The van der Waals surface area contributed by atoms with Crippen molar-refractivity contribution in [3.05, 3.63) is 0 Å². The highest BCUT2D eigenvalue weighted by molar-refractivity contribution is 5.82. The molecule has 0 spiro atoms. The topological polar surface area (TPSA) is 44.4 Å². The van der Waals surface area contributed by atoms with Crippen LogP contribution in [0.2, 0.25) is 0 Å². The molecule has 2 N–H and O–H groups in total. The average molecular weight is 307 g/mol. The zero-order valence-corrected chi connectivity index (χ0v) is 12.5. The molecule has 0 aromatic rings. The lowest BCUT2D eigenvalue weighted by molar-refractivity contribution is -0.180. The summed E-state index contributed by atoms with van der Waals surface area (Å²) in [7, 11) is 2.06. The van der Waals surface area contributed by atoms with Gasteiger partial charge in [0, 0.05) is 25.2 Å². The van der Waals surface area contributed by atoms with E-state index in [2.05, 4.69) is 29.5 Å². The first-order valence-electron chi connectivity index (χ1n) is 7.58. The van der Waals surface area contributed by atoms with Crippen LogP contribution in [0, 0.1) is 5.92 Å². The van der Waals surface area contributed by atoms with Crippen molar-refractivity contribution < 1.29 is 18.0 Å². The molecular formula is C14H24F3N3O. The molecule has 2 fully saturated rings. The molecule has 4 unspecified atom stereocenters. The molecule has 2 saturated heterocycles. The Morgan fingerprint density at radius 1 is 1.29 bits per heavy atom. The average Bonchev–Trinajstić information content (AvgIpc) is 2.42. The molecule has 0 bridgehead atoms. The minimum absolute atomic E-state index is 0.0262. The summed E-state index contributed by atoms with van der Waals surface area (Å²) in [6.45, 7) is 2.89. The SMILES string of the molecule is CC1CC(NC(=O)C2CCC(C(F)(F)F)CN2)CCN1C. The van der Waals surface area contributed by atoms with Crippen LogP contribution < -0.4 is 10.6 Å². The van der Waals surface area contributed by atoms with Crippen molar-refractivity contribution in [3.63, 3.8) is 0 Å². The van der Waals surface area contributed by atoms with Gasteiger partial charge in [0.15, 0.2) is 0 Å². The van der Waals surface area contributed by atoms with E-state index in [0.717, 1.165) is 19.4 Å². The second-order valence-electron chi connectivity index (χ2n) is 6.34. The van der Waals surface area contributed by atoms with Crippen LogP contribution in [0.1, 0.15) is 32.6 Å². The van der Waals surface area contributed by atoms with Gasteiger partial charge in [-0.25, -0.2) is 0 Å². The molecule has 0 radical (unpaired) electrons. The van der Waals surface area contributed by atoms with E-state index < -0.39 is 18.1 Å². The Hall–Kier alpha value is -0.820. The smallest absolute Gasteiger partial charge is 0.352 e. The number of carbonyl (C=O) groups is 1. The van der Waals surface area contributed by atoms with E-state index in [1.165, 1.54) is 0 Å². The minimum atomic E-state index is -4.17. The van der Waals surface area contributed by atoms with Crippen LogP contribution in [-0.2, 0) is 4.79 Å². The molecule has 2 heterocycles. The molecule has 2 aliphatic heterocycles. The molecule has 122 valence electrons. The molecule has 2 aliphatic rings. The predicted octanol–water partition coefficient (Wildman–Crippen LogP) is 1.52. The maximum atomic E-state index is 12.6. The van der Waals surface area contributed by atoms with Gasteiger partial charge in [-0.1, -0.05) is 0 Å². The number of hydrogen-bond donors (Lipinski definition) is 2. The number of likely N-dealkylation sites (tertiary alicyclic amines) is 1. The third kappa shape index (κ3) is 4.32. The van der Waals surface area contributed by atoms with Crippen LogP contribution in [0.5, 0.6) is 0 Å². The Labute approximate surface area is 123 Å². The van der Waals surface area contributed by atoms with E-state index in [1.54, 1.807) is 0 Å². The maximum Gasteiger partial charge on any atom is 0.393 e. The Morgan fingerprint density at radius 2 is 2.00 bits per heavy atom. The van der Waals surface area contributed by atoms with Gasteiger partial charge in [-0.2, -0.15) is 13.2 Å². The van der Waals surface area contributed by atoms with Gasteiger partial charge in [0.05, 0.1) is 12.0 Å². The Kier molecular flexibility index (Phi) is 5.14. The lowest BCUT2D eigenvalue weighted by atomic mass is 9.93. The molecule has 1 amide bonds. The molecule has 4 atom stereocenters. The highest BCUT2D eigenvalue weighted by Gasteiger charge is 2.42. The second-order valence-corrected chi connectivity index (χ2v) is 6.34. The summed E-state index contributed by atoms with van der Waals surface area (Å²) in [5.41, 5.74) is 0. The third-order valence-corrected chi connectivity index (χ3v) is 4.75. The van der Waals surface area contributed by atoms with Crippen molar-refractivity contribution in [1.29, 1.82) is 0 Å². The summed E-state index contributed by atoms with van der Waals surface area (Å²) >= 11 is 0. The van der Waals surface area contributed by atoms with E-state index >= 15 is 0 Å². The number of rotatable bonds is 2. The lowest BCUT2D eigenvalue weighted by Gasteiger charge is -2.36. The predicted molar refractivity (Wildman–Crippen MR) is 73.8 cm³/mol. The number of alkyl halides is 3. The number of piperidine rings is 2. The van der Waals surface area contributed by atoms with Crippen LogP contribution in [0.15, 0.2) is 0 Å². The number of nitrogens with one attached hydrogen (secondary N) is 2. The highest BCUT2D eigenvalue weighted by Crippen LogP contribution is 2.32. The monoisotopic (exact) mass is 307 g/mol. The molecule has 0 aromatic carbocycles. The fourth-order valence-electron chi connectivity index (χ4n) is 3.08. The van der Waals surface area contributed by atoms with Crippen LogP contribution in [0.4, 0.5) is 13.2 Å². The maximum absolute atomic E-state index is 12.6. The van der Waals surface area contributed by atoms with Gasteiger partial charge in [-0.3, -0.25) is 4.79 Å². The van der Waals surface area contributed by atoms with Gasteiger partial charge in [0.1, 0.15) is 0 Å². The molecule has 4 nitrogen and oxygen atoms in total. The Morgan fingerprint density at radius 3 is 2.52 bits per heavy atom. The van der Waals surface area contributed by atoms with E-state index in [9.17, 15) is 18.0 Å². The van der Waals surface area contributed by atoms with Crippen molar-refractivity contribution in [2.45, 2.75) is 56.9 Å². The van der Waals surface area contributed by atoms with Crippen LogP contribution in [0.25, 0.3) is 0 Å². The highest BCUT2D eigenvalue weighted by atomic mass is 19.4. The number of halogens is 3. The summed E-state index contributed by atoms with van der Waals surface area (Å²) in [6.07, 6.45) is -2.11. The zero-order chi connectivity index (χ0) is 15.6. The summed E-state index contributed by atoms with van der Waals surface area (Å²) in [4.78, 5) is 14.4. The quantitative estimate of drug-likeness (QED) is 0.813. The van der Waals surface area contributed by atoms with Crippen LogP contribution in [-0.4, -0.2) is 55.2 Å². The Balaban J connectivity index is 1.78. The van der Waals surface area contributed by atoms with Gasteiger partial charge in [0.2, 0.25) is 5.91 Å². The second kappa shape index (κ2) is 6.52. The van der Waals surface area contributed by atoms with Gasteiger partial charge in [0.25, 0.3) is 0 Å². The summed E-state index contributed by atoms with van der Waals surface area (Å²) in [5, 5.41) is 5.73. The summed E-state index contributed by atoms with van der Waals surface area (Å²) in [6, 6.07) is 0.0578. The van der Waals surface area contributed by atoms with Gasteiger partial charge < -0.3 is 15.5 Å². The normalized spacial score (nSPS) is 35.5. The molecule has 7 heteroatoms. The van der Waals surface area contributed by atoms with Gasteiger partial charge in [-0.05, 0) is 39.7 Å². The van der Waals surface area contributed by atoms with Crippen molar-refractivity contribution >= 4 is 5.91 Å². The molecule has 2 rings (SSSR count). The molecule has 0 aliphatic carbocycles. The number of amides is 1. The van der Waals surface area contributed by atoms with Crippen molar-refractivity contribution in [3.8, 4) is 0 Å². The van der Waals surface area contributed by atoms with Crippen molar-refractivity contribution in [2.24, 2.45) is 5.92 Å². The van der Waals surface area contributed by atoms with E-state index in [0.29, 0.717) is 6.04 Å². The first-order chi connectivity index (χ1) is 9.77. The third-order valence-electron chi connectivity index (χ3n) is 4.75. The van der Waals surface area contributed by atoms with Crippen LogP contribution in [0.3, 0.4) is 0 Å². The summed E-state index contributed by atoms with van der Waals surface area (Å²) < 4.78 is 37.7. The van der Waals surface area contributed by atoms with E-state index in [4.69, 9.17) is 0 Å². The zero-order valence-electron chi connectivity index (χ0n) is 12.5. The van der Waals surface area contributed by atoms with E-state index in [1.807, 2.05) is 0 Å². The van der Waals surface area contributed by atoms with Gasteiger partial charge >= 0.3 is 6.18 Å². The Bertz CT molecular complexity index is 367. The fourth-order valence-corrected chi connectivity index (χ4v) is 3.08. The molecule has 0 saturated carbocycles. The largest absolute Gasteiger partial charge is 0.393 e. The van der Waals surface area contributed by atoms with Gasteiger partial charge in [-0.15, -0.1) is 0 Å². The van der Waals surface area contributed by atoms with E-state index in [-0.39, 0.29) is 31.3 Å². The first-order valence-corrected chi connectivity index (χ1v) is 7.58. The number of nitrogens with zero attached hydrogens (tertiary/aromatic N) is 1. The molecule has 21 heavy (non-hydrogen) atoms. The summed E-state index contributed by atoms with van der Waals surface area (Å²) in [5.74, 6) is -1.48. The van der Waals surface area contributed by atoms with Crippen molar-refractivity contribution in [1.82, 2.24) is 15.5 Å². The van der Waals surface area contributed by atoms with Crippen LogP contribution >= 0.6 is 0 Å². The lowest BCUT2D eigenvalue weighted by Crippen LogP contribution is -2.55. The standard InChI is InChI=1S/C14H24F3N3O/c1-9-7-11(5-6-20(9)2)19-13(21)12-4-3-10(8-18-12)14(15,16)17/h9-12,18H,3-8H2,1-2H3,(H,19,21). The van der Waals surface area contributed by atoms with Crippen molar-refractivity contribution in [2.75, 3.05) is 20.1 Å². The molecule has 0 aromatic heterocycles. The first kappa shape index (κ1) is 16.5. The fraction of sp³-hybridized carbons (Fsp3) is 0.929.